The van der Waals surface area contributed by atoms with Crippen molar-refractivity contribution in [1.82, 2.24) is 10.6 Å². The molecule has 13 N–H and O–H groups in total. The molecule has 0 saturated carbocycles. The SMILES string of the molecule is CC(=O)NC1C(O)OC(CO)C(O)C1OC1OC(C(=O)O)C(OC2OC(CO)C(O)C(OC3OC(C(=O)Nc4ccc(N=[N+]=[N-])cc4)C(O)C(O)C3O)C2NC(C)=O)C(O)C1C. The number of nitrogens with one attached hydrogen (secondary N) is 3. The number of carboxylic acid groups (broad SMARTS) is 1. The van der Waals surface area contributed by atoms with E-state index in [0.29, 0.717) is 0 Å². The Labute approximate surface area is 350 Å². The smallest absolute Gasteiger partial charge is 0.335 e. The van der Waals surface area contributed by atoms with Crippen molar-refractivity contribution in [3.8, 4) is 0 Å². The van der Waals surface area contributed by atoms with Gasteiger partial charge in [0, 0.05) is 36.1 Å². The molecule has 0 aliphatic carbocycles. The van der Waals surface area contributed by atoms with Gasteiger partial charge in [-0.05, 0) is 17.7 Å². The molecule has 1 aromatic rings. The maximum atomic E-state index is 13.3. The van der Waals surface area contributed by atoms with E-state index >= 15 is 0 Å². The second-order valence-electron chi connectivity index (χ2n) is 14.9. The number of aliphatic hydroxyl groups excluding tert-OH is 9. The lowest BCUT2D eigenvalue weighted by Gasteiger charge is -2.50. The van der Waals surface area contributed by atoms with Gasteiger partial charge in [0.05, 0.1) is 19.3 Å². The Morgan fingerprint density at radius 3 is 1.77 bits per heavy atom. The molecule has 346 valence electrons. The molecule has 20 unspecified atom stereocenters. The summed E-state index contributed by atoms with van der Waals surface area (Å²) in [5.41, 5.74) is 8.96. The molecular weight excluding hydrogens is 840 g/mol. The van der Waals surface area contributed by atoms with E-state index in [1.165, 1.54) is 31.2 Å². The number of amides is 3. The first-order chi connectivity index (χ1) is 29.3. The molecule has 0 bridgehead atoms. The minimum atomic E-state index is -2.16. The molecule has 4 heterocycles. The van der Waals surface area contributed by atoms with Gasteiger partial charge in [0.2, 0.25) is 11.8 Å². The van der Waals surface area contributed by atoms with Gasteiger partial charge in [-0.2, -0.15) is 0 Å². The third kappa shape index (κ3) is 10.7. The molecule has 4 aliphatic rings. The Morgan fingerprint density at radius 2 is 1.21 bits per heavy atom. The highest BCUT2D eigenvalue weighted by Gasteiger charge is 2.57. The summed E-state index contributed by atoms with van der Waals surface area (Å²) in [6.45, 7) is 1.63. The van der Waals surface area contributed by atoms with Gasteiger partial charge in [-0.15, -0.1) is 0 Å². The summed E-state index contributed by atoms with van der Waals surface area (Å²) in [5, 5.41) is 117. The number of hydrogen-bond acceptors (Lipinski definition) is 21. The van der Waals surface area contributed by atoms with Crippen LogP contribution in [-0.4, -0.2) is 205 Å². The van der Waals surface area contributed by atoms with Gasteiger partial charge in [-0.3, -0.25) is 14.4 Å². The highest BCUT2D eigenvalue weighted by molar-refractivity contribution is 5.95. The molecule has 62 heavy (non-hydrogen) atoms. The monoisotopic (exact) mass is 890 g/mol. The minimum absolute atomic E-state index is 0.127. The molecule has 1 aromatic carbocycles. The van der Waals surface area contributed by atoms with Crippen LogP contribution in [0.25, 0.3) is 10.4 Å². The molecule has 4 aliphatic heterocycles. The topological polar surface area (TPSA) is 420 Å². The maximum absolute atomic E-state index is 13.3. The number of carbonyl (C=O) groups is 4. The van der Waals surface area contributed by atoms with Gasteiger partial charge < -0.3 is 100 Å². The molecule has 3 amide bonds. The van der Waals surface area contributed by atoms with Crippen LogP contribution in [0, 0.1) is 5.92 Å². The predicted molar refractivity (Wildman–Crippen MR) is 198 cm³/mol. The molecule has 4 fully saturated rings. The normalized spacial score (nSPS) is 41.0. The summed E-state index contributed by atoms with van der Waals surface area (Å²) in [5.74, 6) is -5.61. The number of aliphatic hydroxyl groups is 9. The Kier molecular flexibility index (Phi) is 16.5. The lowest BCUT2D eigenvalue weighted by atomic mass is 9.90. The number of carbonyl (C=O) groups excluding carboxylic acids is 3. The zero-order valence-corrected chi connectivity index (χ0v) is 33.1. The highest BCUT2D eigenvalue weighted by Crippen LogP contribution is 2.36. The summed E-state index contributed by atoms with van der Waals surface area (Å²) in [6, 6.07) is 2.19. The molecule has 4 saturated heterocycles. The fraction of sp³-hybridized carbons (Fsp3) is 0.714. The van der Waals surface area contributed by atoms with Crippen molar-refractivity contribution in [2.75, 3.05) is 18.5 Å². The minimum Gasteiger partial charge on any atom is -0.479 e. The fourth-order valence-corrected chi connectivity index (χ4v) is 7.38. The van der Waals surface area contributed by atoms with Crippen molar-refractivity contribution >= 4 is 35.1 Å². The van der Waals surface area contributed by atoms with Crippen LogP contribution >= 0.6 is 0 Å². The third-order valence-electron chi connectivity index (χ3n) is 10.6. The van der Waals surface area contributed by atoms with Crippen molar-refractivity contribution in [3.05, 3.63) is 34.7 Å². The van der Waals surface area contributed by atoms with Gasteiger partial charge >= 0.3 is 5.97 Å². The van der Waals surface area contributed by atoms with Crippen LogP contribution < -0.4 is 16.0 Å². The van der Waals surface area contributed by atoms with E-state index in [4.69, 9.17) is 38.7 Å². The van der Waals surface area contributed by atoms with Crippen molar-refractivity contribution in [1.29, 1.82) is 0 Å². The zero-order chi connectivity index (χ0) is 45.7. The first-order valence-electron chi connectivity index (χ1n) is 19.1. The molecule has 0 spiro atoms. The van der Waals surface area contributed by atoms with E-state index in [-0.39, 0.29) is 11.4 Å². The number of nitrogens with zero attached hydrogens (tertiary/aromatic N) is 3. The number of carboxylic acids is 1. The number of azide groups is 1. The third-order valence-corrected chi connectivity index (χ3v) is 10.6. The van der Waals surface area contributed by atoms with Gasteiger partial charge in [0.15, 0.2) is 37.4 Å². The standard InChI is InChI=1S/C35H50N6O21/c1-10-19(46)27(29(31(53)54)62-33(10)58-25-17(37-11(2)44)32(55)56-15(8-42)20(25)47)60-34-18(38-12(3)45)26(21(48)16(9-43)57-34)59-35-24(51)22(49)23(50)28(61-35)30(52)39-13-4-6-14(7-5-13)40-41-36/h4-7,10,15-29,32-35,42-43,46-51,55H,8-9H2,1-3H3,(H,37,44)(H,38,45)(H,39,52)(H,53,54). The lowest BCUT2D eigenvalue weighted by Crippen LogP contribution is -2.70. The number of benzene rings is 1. The summed E-state index contributed by atoms with van der Waals surface area (Å²) >= 11 is 0. The van der Waals surface area contributed by atoms with Crippen LogP contribution in [0.15, 0.2) is 29.4 Å². The Hall–Kier alpha value is -4.23. The first-order valence-corrected chi connectivity index (χ1v) is 19.1. The Balaban J connectivity index is 1.38. The summed E-state index contributed by atoms with van der Waals surface area (Å²) < 4.78 is 39.9. The van der Waals surface area contributed by atoms with Crippen LogP contribution in [0.1, 0.15) is 20.8 Å². The molecule has 27 heteroatoms. The largest absolute Gasteiger partial charge is 0.479 e. The van der Waals surface area contributed by atoms with E-state index in [0.717, 1.165) is 13.8 Å². The molecule has 27 nitrogen and oxygen atoms in total. The molecule has 5 rings (SSSR count). The number of hydrogen-bond donors (Lipinski definition) is 13. The molecule has 0 aromatic heterocycles. The van der Waals surface area contributed by atoms with Crippen LogP contribution in [0.5, 0.6) is 0 Å². The Morgan fingerprint density at radius 1 is 0.677 bits per heavy atom. The summed E-state index contributed by atoms with van der Waals surface area (Å²) in [7, 11) is 0. The first kappa shape index (κ1) is 48.8. The summed E-state index contributed by atoms with van der Waals surface area (Å²) in [6.07, 6.45) is -32.0. The van der Waals surface area contributed by atoms with Gasteiger partial charge in [0.25, 0.3) is 5.91 Å². The zero-order valence-electron chi connectivity index (χ0n) is 33.1. The van der Waals surface area contributed by atoms with E-state index < -0.39 is 159 Å². The fourth-order valence-electron chi connectivity index (χ4n) is 7.38. The molecular formula is C35H50N6O21. The number of aliphatic carboxylic acids is 1. The van der Waals surface area contributed by atoms with Crippen LogP contribution in [0.2, 0.25) is 0 Å². The molecule has 0 radical (unpaired) electrons. The van der Waals surface area contributed by atoms with E-state index in [1.54, 1.807) is 0 Å². The average molecular weight is 891 g/mol. The Bertz CT molecular complexity index is 1780. The molecule has 20 atom stereocenters. The average Bonchev–Trinajstić information content (AvgIpc) is 3.22. The second kappa shape index (κ2) is 21.0. The van der Waals surface area contributed by atoms with Crippen molar-refractivity contribution in [3.63, 3.8) is 0 Å². The van der Waals surface area contributed by atoms with E-state index in [2.05, 4.69) is 26.0 Å². The van der Waals surface area contributed by atoms with Crippen LogP contribution in [-0.2, 0) is 52.3 Å². The number of rotatable bonds is 14. The van der Waals surface area contributed by atoms with Crippen LogP contribution in [0.3, 0.4) is 0 Å². The quantitative estimate of drug-likeness (QED) is 0.0471. The highest BCUT2D eigenvalue weighted by atomic mass is 16.8. The second-order valence-corrected chi connectivity index (χ2v) is 14.9. The van der Waals surface area contributed by atoms with Gasteiger partial charge in [-0.25, -0.2) is 4.79 Å². The number of anilines is 1. The van der Waals surface area contributed by atoms with E-state index in [9.17, 15) is 70.2 Å². The summed E-state index contributed by atoms with van der Waals surface area (Å²) in [4.78, 5) is 53.1. The lowest BCUT2D eigenvalue weighted by molar-refractivity contribution is -0.363. The number of ether oxygens (including phenoxy) is 7. The van der Waals surface area contributed by atoms with Crippen LogP contribution in [0.4, 0.5) is 11.4 Å². The predicted octanol–water partition coefficient (Wildman–Crippen LogP) is -5.51. The van der Waals surface area contributed by atoms with Crippen molar-refractivity contribution in [2.24, 2.45) is 11.0 Å². The van der Waals surface area contributed by atoms with Gasteiger partial charge in [-0.1, -0.05) is 24.2 Å². The van der Waals surface area contributed by atoms with Gasteiger partial charge in [0.1, 0.15) is 73.1 Å². The van der Waals surface area contributed by atoms with Crippen molar-refractivity contribution in [2.45, 2.75) is 137 Å². The maximum Gasteiger partial charge on any atom is 0.335 e. The van der Waals surface area contributed by atoms with Crippen molar-refractivity contribution < 1.29 is 103 Å². The van der Waals surface area contributed by atoms with E-state index in [1.807, 2.05) is 0 Å².